The number of nitrogens with one attached hydrogen (secondary N) is 1. The highest BCUT2D eigenvalue weighted by atomic mass is 19.1. The van der Waals surface area contributed by atoms with Gasteiger partial charge in [-0.25, -0.2) is 9.37 Å². The summed E-state index contributed by atoms with van der Waals surface area (Å²) in [6.45, 7) is 2.46. The van der Waals surface area contributed by atoms with Crippen LogP contribution in [0, 0.1) is 17.2 Å². The highest BCUT2D eigenvalue weighted by Crippen LogP contribution is 2.64. The first kappa shape index (κ1) is 25.3. The number of carbonyl (C=O) groups excluding carboxylic acids is 1. The minimum atomic E-state index is -0.353. The molecule has 1 unspecified atom stereocenters. The molecule has 9 nitrogen and oxygen atoms in total. The Morgan fingerprint density at radius 3 is 2.68 bits per heavy atom. The maximum absolute atomic E-state index is 15.0. The molecule has 0 bridgehead atoms. The summed E-state index contributed by atoms with van der Waals surface area (Å²) in [6, 6.07) is 15.9. The Hall–Kier alpha value is -4.73. The molecule has 7 rings (SSSR count). The molecule has 2 aromatic carbocycles. The van der Waals surface area contributed by atoms with Crippen LogP contribution in [0.5, 0.6) is 5.75 Å². The van der Waals surface area contributed by atoms with Gasteiger partial charge in [-0.1, -0.05) is 18.2 Å². The Morgan fingerprint density at radius 1 is 1.02 bits per heavy atom. The molecule has 1 amide bonds. The molecule has 10 heteroatoms. The van der Waals surface area contributed by atoms with Gasteiger partial charge in [0.15, 0.2) is 5.82 Å². The van der Waals surface area contributed by atoms with Crippen LogP contribution in [-0.4, -0.2) is 48.3 Å². The summed E-state index contributed by atoms with van der Waals surface area (Å²) in [7, 11) is 0. The van der Waals surface area contributed by atoms with E-state index in [4.69, 9.17) is 4.74 Å². The second-order valence-electron chi connectivity index (χ2n) is 10.8. The topological polar surface area (TPSA) is 108 Å². The molecule has 41 heavy (non-hydrogen) atoms. The first-order valence-corrected chi connectivity index (χ1v) is 13.8. The van der Waals surface area contributed by atoms with Gasteiger partial charge in [0.25, 0.3) is 5.91 Å². The molecule has 2 saturated carbocycles. The number of amides is 1. The monoisotopic (exact) mass is 549 g/mol. The molecule has 0 saturated heterocycles. The fourth-order valence-electron chi connectivity index (χ4n) is 6.17. The van der Waals surface area contributed by atoms with E-state index >= 15 is 4.39 Å². The Kier molecular flexibility index (Phi) is 6.18. The van der Waals surface area contributed by atoms with E-state index in [0.717, 1.165) is 19.3 Å². The Bertz CT molecular complexity index is 1740. The molecule has 5 aromatic rings. The molecule has 1 N–H and O–H groups in total. The standard InChI is InChI=1S/C31H28FN7O2/c1-2-41-20-10-11-24(35-18-20)29-38-37-27(39(29)25-9-4-3-7-22(25)32)14-19-15-31(16-19)17-26(31)36-30(40)21-6-5-8-23-28(21)34-13-12-33-23/h3-13,18-19,26H,2,14-17H2,1H3,(H,36,40). The quantitative estimate of drug-likeness (QED) is 0.292. The van der Waals surface area contributed by atoms with Gasteiger partial charge < -0.3 is 10.1 Å². The molecule has 2 aliphatic rings. The van der Waals surface area contributed by atoms with Crippen molar-refractivity contribution in [2.45, 2.75) is 38.6 Å². The predicted octanol–water partition coefficient (Wildman–Crippen LogP) is 4.95. The molecule has 2 aliphatic carbocycles. The SMILES string of the molecule is CCOc1ccc(-c2nnc(CC3CC4(C3)CC4NC(=O)c3cccc4nccnc34)n2-c2ccccc2F)nc1. The van der Waals surface area contributed by atoms with Crippen molar-refractivity contribution < 1.29 is 13.9 Å². The summed E-state index contributed by atoms with van der Waals surface area (Å²) >= 11 is 0. The first-order chi connectivity index (χ1) is 20.0. The van der Waals surface area contributed by atoms with Gasteiger partial charge in [-0.15, -0.1) is 10.2 Å². The zero-order valence-electron chi connectivity index (χ0n) is 22.5. The van der Waals surface area contributed by atoms with Crippen molar-refractivity contribution in [2.24, 2.45) is 11.3 Å². The van der Waals surface area contributed by atoms with E-state index in [1.807, 2.05) is 31.2 Å². The summed E-state index contributed by atoms with van der Waals surface area (Å²) in [5, 5.41) is 12.1. The smallest absolute Gasteiger partial charge is 0.253 e. The number of carbonyl (C=O) groups is 1. The Labute approximate surface area is 235 Å². The minimum absolute atomic E-state index is 0.110. The fourth-order valence-corrected chi connectivity index (χ4v) is 6.17. The lowest BCUT2D eigenvalue weighted by Crippen LogP contribution is -2.37. The number of rotatable bonds is 8. The Morgan fingerprint density at radius 2 is 1.88 bits per heavy atom. The van der Waals surface area contributed by atoms with Gasteiger partial charge in [0.05, 0.1) is 29.6 Å². The van der Waals surface area contributed by atoms with E-state index in [0.29, 0.717) is 64.3 Å². The maximum Gasteiger partial charge on any atom is 0.253 e. The summed E-state index contributed by atoms with van der Waals surface area (Å²) in [4.78, 5) is 26.3. The van der Waals surface area contributed by atoms with Crippen LogP contribution in [0.2, 0.25) is 0 Å². The van der Waals surface area contributed by atoms with E-state index in [1.165, 1.54) is 6.07 Å². The van der Waals surface area contributed by atoms with Crippen molar-refractivity contribution in [3.8, 4) is 23.0 Å². The van der Waals surface area contributed by atoms with Crippen LogP contribution in [0.25, 0.3) is 28.2 Å². The lowest BCUT2D eigenvalue weighted by molar-refractivity contribution is 0.0920. The van der Waals surface area contributed by atoms with Crippen molar-refractivity contribution >= 4 is 16.9 Å². The van der Waals surface area contributed by atoms with Gasteiger partial charge in [-0.2, -0.15) is 0 Å². The molecule has 0 radical (unpaired) electrons. The summed E-state index contributed by atoms with van der Waals surface area (Å²) < 4.78 is 22.3. The first-order valence-electron chi connectivity index (χ1n) is 13.8. The minimum Gasteiger partial charge on any atom is -0.492 e. The molecular formula is C31H28FN7O2. The number of aromatic nitrogens is 6. The zero-order chi connectivity index (χ0) is 28.0. The number of pyridine rings is 1. The number of fused-ring (bicyclic) bond motifs is 1. The van der Waals surface area contributed by atoms with E-state index in [1.54, 1.807) is 47.4 Å². The molecule has 1 spiro atoms. The van der Waals surface area contributed by atoms with Gasteiger partial charge in [0.2, 0.25) is 0 Å². The lowest BCUT2D eigenvalue weighted by Gasteiger charge is -2.36. The average molecular weight is 550 g/mol. The number of nitrogens with zero attached hydrogens (tertiary/aromatic N) is 6. The highest BCUT2D eigenvalue weighted by molar-refractivity contribution is 6.04. The van der Waals surface area contributed by atoms with Crippen LogP contribution in [0.15, 0.2) is 73.2 Å². The normalized spacial score (nSPS) is 21.0. The summed E-state index contributed by atoms with van der Waals surface area (Å²) in [5.41, 5.74) is 2.94. The van der Waals surface area contributed by atoms with Crippen LogP contribution in [0.4, 0.5) is 4.39 Å². The summed E-state index contributed by atoms with van der Waals surface area (Å²) in [5.74, 6) is 1.72. The maximum atomic E-state index is 15.0. The van der Waals surface area contributed by atoms with E-state index in [2.05, 4.69) is 30.5 Å². The van der Waals surface area contributed by atoms with Crippen molar-refractivity contribution in [3.63, 3.8) is 0 Å². The largest absolute Gasteiger partial charge is 0.492 e. The number of hydrogen-bond donors (Lipinski definition) is 1. The summed E-state index contributed by atoms with van der Waals surface area (Å²) in [6.07, 6.45) is 8.40. The molecule has 3 heterocycles. The van der Waals surface area contributed by atoms with Crippen LogP contribution in [0.3, 0.4) is 0 Å². The molecule has 3 aromatic heterocycles. The third kappa shape index (κ3) is 4.59. The number of halogens is 1. The average Bonchev–Trinajstić information content (AvgIpc) is 3.53. The van der Waals surface area contributed by atoms with Gasteiger partial charge in [-0.05, 0) is 73.9 Å². The Balaban J connectivity index is 1.07. The van der Waals surface area contributed by atoms with Crippen LogP contribution < -0.4 is 10.1 Å². The predicted molar refractivity (Wildman–Crippen MR) is 150 cm³/mol. The van der Waals surface area contributed by atoms with Crippen molar-refractivity contribution in [1.29, 1.82) is 0 Å². The third-order valence-electron chi connectivity index (χ3n) is 8.20. The number of ether oxygens (including phenoxy) is 1. The fraction of sp³-hybridized carbons (Fsp3) is 0.290. The third-order valence-corrected chi connectivity index (χ3v) is 8.20. The lowest BCUT2D eigenvalue weighted by atomic mass is 9.69. The second-order valence-corrected chi connectivity index (χ2v) is 10.8. The van der Waals surface area contributed by atoms with E-state index in [9.17, 15) is 4.79 Å². The van der Waals surface area contributed by atoms with Crippen molar-refractivity contribution in [1.82, 2.24) is 35.0 Å². The van der Waals surface area contributed by atoms with Gasteiger partial charge in [-0.3, -0.25) is 19.3 Å². The highest BCUT2D eigenvalue weighted by Gasteiger charge is 2.62. The molecular weight excluding hydrogens is 521 g/mol. The van der Waals surface area contributed by atoms with Crippen LogP contribution in [0.1, 0.15) is 42.4 Å². The van der Waals surface area contributed by atoms with Gasteiger partial charge >= 0.3 is 0 Å². The van der Waals surface area contributed by atoms with Gasteiger partial charge in [0, 0.05) is 24.9 Å². The molecule has 206 valence electrons. The van der Waals surface area contributed by atoms with Crippen LogP contribution >= 0.6 is 0 Å². The van der Waals surface area contributed by atoms with Crippen molar-refractivity contribution in [3.05, 3.63) is 90.4 Å². The zero-order valence-corrected chi connectivity index (χ0v) is 22.5. The van der Waals surface area contributed by atoms with E-state index in [-0.39, 0.29) is 23.2 Å². The van der Waals surface area contributed by atoms with Crippen LogP contribution in [-0.2, 0) is 6.42 Å². The molecule has 0 aliphatic heterocycles. The van der Waals surface area contributed by atoms with Crippen molar-refractivity contribution in [2.75, 3.05) is 6.61 Å². The molecule has 1 atom stereocenters. The van der Waals surface area contributed by atoms with Gasteiger partial charge in [0.1, 0.15) is 28.6 Å². The number of benzene rings is 2. The molecule has 2 fully saturated rings. The van der Waals surface area contributed by atoms with E-state index < -0.39 is 0 Å². The second kappa shape index (κ2) is 10.0. The number of hydrogen-bond acceptors (Lipinski definition) is 7. The number of para-hydroxylation sites is 2.